The van der Waals surface area contributed by atoms with Crippen molar-refractivity contribution in [2.45, 2.75) is 13.0 Å². The third-order valence-electron chi connectivity index (χ3n) is 3.72. The van der Waals surface area contributed by atoms with E-state index in [2.05, 4.69) is 20.4 Å². The second kappa shape index (κ2) is 7.72. The molecule has 9 heteroatoms. The number of amides is 1. The molecule has 0 atom stereocenters. The monoisotopic (exact) mass is 390 g/mol. The number of hydrogen-bond donors (Lipinski definition) is 2. The summed E-state index contributed by atoms with van der Waals surface area (Å²) in [7, 11) is 1.83. The van der Waals surface area contributed by atoms with Crippen LogP contribution in [0.5, 0.6) is 0 Å². The van der Waals surface area contributed by atoms with Gasteiger partial charge < -0.3 is 11.1 Å². The highest BCUT2D eigenvalue weighted by Crippen LogP contribution is 2.25. The van der Waals surface area contributed by atoms with Crippen molar-refractivity contribution in [1.29, 1.82) is 0 Å². The minimum Gasteiger partial charge on any atom is -0.365 e. The smallest absolute Gasteiger partial charge is 0.254 e. The lowest BCUT2D eigenvalue weighted by Crippen LogP contribution is -2.17. The molecule has 0 radical (unpaired) electrons. The maximum atomic E-state index is 11.7. The predicted molar refractivity (Wildman–Crippen MR) is 100 cm³/mol. The summed E-state index contributed by atoms with van der Waals surface area (Å²) in [6.07, 6.45) is 5.51. The van der Waals surface area contributed by atoms with Gasteiger partial charge in [0.15, 0.2) is 0 Å². The quantitative estimate of drug-likeness (QED) is 0.673. The molecule has 1 amide bonds. The molecule has 0 fully saturated rings. The van der Waals surface area contributed by atoms with E-state index in [4.69, 9.17) is 28.9 Å². The van der Waals surface area contributed by atoms with Gasteiger partial charge in [0.1, 0.15) is 11.6 Å². The van der Waals surface area contributed by atoms with Crippen molar-refractivity contribution in [2.75, 3.05) is 5.32 Å². The standard InChI is InChI=1S/C17H16Cl2N6O/c1-25-9-10(6-23-25)5-15-21-8-12(16(20)26)17(24-15)22-7-11-13(18)3-2-4-14(11)19/h2-4,6,8-9H,5,7H2,1H3,(H2,20,26)(H,21,22,24). The van der Waals surface area contributed by atoms with E-state index in [1.165, 1.54) is 6.20 Å². The highest BCUT2D eigenvalue weighted by Gasteiger charge is 2.14. The van der Waals surface area contributed by atoms with Crippen LogP contribution in [0.15, 0.2) is 36.8 Å². The van der Waals surface area contributed by atoms with Crippen LogP contribution in [0.1, 0.15) is 27.3 Å². The largest absolute Gasteiger partial charge is 0.365 e. The van der Waals surface area contributed by atoms with Crippen molar-refractivity contribution in [1.82, 2.24) is 19.7 Å². The molecule has 134 valence electrons. The zero-order valence-corrected chi connectivity index (χ0v) is 15.4. The summed E-state index contributed by atoms with van der Waals surface area (Å²) >= 11 is 12.4. The van der Waals surface area contributed by atoms with Gasteiger partial charge in [0, 0.05) is 48.0 Å². The van der Waals surface area contributed by atoms with Crippen molar-refractivity contribution in [3.63, 3.8) is 0 Å². The fourth-order valence-electron chi connectivity index (χ4n) is 2.44. The first-order valence-corrected chi connectivity index (χ1v) is 8.49. The number of nitrogens with one attached hydrogen (secondary N) is 1. The number of aryl methyl sites for hydroxylation is 1. The second-order valence-electron chi connectivity index (χ2n) is 5.67. The molecule has 0 unspecified atom stereocenters. The zero-order chi connectivity index (χ0) is 18.7. The van der Waals surface area contributed by atoms with Crippen LogP contribution in [0.4, 0.5) is 5.82 Å². The van der Waals surface area contributed by atoms with E-state index in [1.54, 1.807) is 29.1 Å². The van der Waals surface area contributed by atoms with Gasteiger partial charge in [0.25, 0.3) is 5.91 Å². The van der Waals surface area contributed by atoms with E-state index in [0.717, 1.165) is 5.56 Å². The number of carbonyl (C=O) groups is 1. The summed E-state index contributed by atoms with van der Waals surface area (Å²) < 4.78 is 1.70. The van der Waals surface area contributed by atoms with Crippen LogP contribution in [-0.4, -0.2) is 25.7 Å². The molecule has 0 spiro atoms. The van der Waals surface area contributed by atoms with Crippen LogP contribution in [0.25, 0.3) is 0 Å². The molecule has 7 nitrogen and oxygen atoms in total. The van der Waals surface area contributed by atoms with Crippen molar-refractivity contribution in [3.05, 3.63) is 69.3 Å². The normalized spacial score (nSPS) is 10.7. The van der Waals surface area contributed by atoms with Crippen LogP contribution in [0, 0.1) is 0 Å². The number of benzene rings is 1. The molecule has 0 aliphatic carbocycles. The van der Waals surface area contributed by atoms with E-state index in [1.807, 2.05) is 13.2 Å². The molecule has 3 N–H and O–H groups in total. The fraction of sp³-hybridized carbons (Fsp3) is 0.176. The lowest BCUT2D eigenvalue weighted by Gasteiger charge is -2.12. The minimum atomic E-state index is -0.620. The zero-order valence-electron chi connectivity index (χ0n) is 13.9. The van der Waals surface area contributed by atoms with Gasteiger partial charge in [-0.2, -0.15) is 5.10 Å². The molecule has 0 saturated carbocycles. The van der Waals surface area contributed by atoms with Crippen LogP contribution in [-0.2, 0) is 20.0 Å². The Bertz CT molecular complexity index is 936. The molecule has 0 saturated heterocycles. The first-order chi connectivity index (χ1) is 12.4. The van der Waals surface area contributed by atoms with Crippen molar-refractivity contribution in [2.24, 2.45) is 12.8 Å². The van der Waals surface area contributed by atoms with E-state index in [0.29, 0.717) is 40.2 Å². The highest BCUT2D eigenvalue weighted by atomic mass is 35.5. The molecule has 2 heterocycles. The van der Waals surface area contributed by atoms with Gasteiger partial charge in [-0.15, -0.1) is 0 Å². The molecular formula is C17H16Cl2N6O. The van der Waals surface area contributed by atoms with Crippen LogP contribution in [0.2, 0.25) is 10.0 Å². The Morgan fingerprint density at radius 1 is 1.27 bits per heavy atom. The van der Waals surface area contributed by atoms with Gasteiger partial charge >= 0.3 is 0 Å². The molecule has 3 aromatic rings. The molecule has 3 rings (SSSR count). The van der Waals surface area contributed by atoms with Gasteiger partial charge in [-0.3, -0.25) is 9.48 Å². The SMILES string of the molecule is Cn1cc(Cc2ncc(C(N)=O)c(NCc3c(Cl)cccc3Cl)n2)cn1. The number of carbonyl (C=O) groups excluding carboxylic acids is 1. The number of aromatic nitrogens is 4. The maximum Gasteiger partial charge on any atom is 0.254 e. The summed E-state index contributed by atoms with van der Waals surface area (Å²) in [5, 5.41) is 8.25. The maximum absolute atomic E-state index is 11.7. The average Bonchev–Trinajstić information content (AvgIpc) is 2.99. The number of nitrogens with zero attached hydrogens (tertiary/aromatic N) is 4. The number of hydrogen-bond acceptors (Lipinski definition) is 5. The van der Waals surface area contributed by atoms with Gasteiger partial charge in [0.2, 0.25) is 0 Å². The molecule has 0 bridgehead atoms. The van der Waals surface area contributed by atoms with Crippen LogP contribution >= 0.6 is 23.2 Å². The Hall–Kier alpha value is -2.64. The summed E-state index contributed by atoms with van der Waals surface area (Å²) in [6.45, 7) is 0.294. The van der Waals surface area contributed by atoms with Gasteiger partial charge in [0.05, 0.1) is 11.8 Å². The molecule has 26 heavy (non-hydrogen) atoms. The van der Waals surface area contributed by atoms with Gasteiger partial charge in [-0.05, 0) is 17.7 Å². The Morgan fingerprint density at radius 2 is 2.00 bits per heavy atom. The van der Waals surface area contributed by atoms with Crippen LogP contribution < -0.4 is 11.1 Å². The predicted octanol–water partition coefficient (Wildman–Crippen LogP) is 2.82. The average molecular weight is 391 g/mol. The molecule has 0 aliphatic rings. The Labute approximate surface area is 160 Å². The third kappa shape index (κ3) is 4.12. The second-order valence-corrected chi connectivity index (χ2v) is 6.48. The molecule has 2 aromatic heterocycles. The lowest BCUT2D eigenvalue weighted by atomic mass is 10.2. The third-order valence-corrected chi connectivity index (χ3v) is 4.43. The van der Waals surface area contributed by atoms with Gasteiger partial charge in [-0.25, -0.2) is 9.97 Å². The number of rotatable bonds is 6. The fourth-order valence-corrected chi connectivity index (χ4v) is 2.97. The Morgan fingerprint density at radius 3 is 2.62 bits per heavy atom. The summed E-state index contributed by atoms with van der Waals surface area (Å²) in [6, 6.07) is 5.25. The van der Waals surface area contributed by atoms with Gasteiger partial charge in [-0.1, -0.05) is 29.3 Å². The van der Waals surface area contributed by atoms with E-state index < -0.39 is 5.91 Å². The number of halogens is 2. The number of nitrogens with two attached hydrogens (primary N) is 1. The number of primary amides is 1. The summed E-state index contributed by atoms with van der Waals surface area (Å²) in [4.78, 5) is 20.3. The van der Waals surface area contributed by atoms with E-state index in [-0.39, 0.29) is 5.56 Å². The highest BCUT2D eigenvalue weighted by molar-refractivity contribution is 6.36. The molecule has 0 aliphatic heterocycles. The first kappa shape index (κ1) is 18.2. The van der Waals surface area contributed by atoms with Crippen molar-refractivity contribution in [3.8, 4) is 0 Å². The lowest BCUT2D eigenvalue weighted by molar-refractivity contribution is 0.100. The van der Waals surface area contributed by atoms with E-state index in [9.17, 15) is 4.79 Å². The summed E-state index contributed by atoms with van der Waals surface area (Å²) in [5.41, 5.74) is 7.29. The number of anilines is 1. The van der Waals surface area contributed by atoms with E-state index >= 15 is 0 Å². The van der Waals surface area contributed by atoms with Crippen LogP contribution in [0.3, 0.4) is 0 Å². The van der Waals surface area contributed by atoms with Crippen molar-refractivity contribution < 1.29 is 4.79 Å². The summed E-state index contributed by atoms with van der Waals surface area (Å²) in [5.74, 6) is 0.254. The molecular weight excluding hydrogens is 375 g/mol. The topological polar surface area (TPSA) is 98.7 Å². The minimum absolute atomic E-state index is 0.197. The Balaban J connectivity index is 1.86. The first-order valence-electron chi connectivity index (χ1n) is 7.74. The Kier molecular flexibility index (Phi) is 5.39. The van der Waals surface area contributed by atoms with Crippen molar-refractivity contribution >= 4 is 34.9 Å². The molecule has 1 aromatic carbocycles.